The number of thiazole rings is 1. The van der Waals surface area contributed by atoms with Gasteiger partial charge in [0.1, 0.15) is 12.4 Å². The van der Waals surface area contributed by atoms with Gasteiger partial charge in [-0.05, 0) is 42.3 Å². The molecule has 0 N–H and O–H groups in total. The van der Waals surface area contributed by atoms with Crippen LogP contribution in [0.25, 0.3) is 11.8 Å². The van der Waals surface area contributed by atoms with E-state index in [9.17, 15) is 14.0 Å². The molecule has 1 aromatic heterocycles. The molecule has 0 unspecified atom stereocenters. The fourth-order valence-electron chi connectivity index (χ4n) is 5.27. The minimum absolute atomic E-state index is 0.0489. The first-order valence-corrected chi connectivity index (χ1v) is 15.7. The second kappa shape index (κ2) is 13.6. The van der Waals surface area contributed by atoms with Gasteiger partial charge in [-0.15, -0.1) is 0 Å². The van der Waals surface area contributed by atoms with Crippen LogP contribution in [0.5, 0.6) is 11.5 Å². The molecule has 1 atom stereocenters. The van der Waals surface area contributed by atoms with E-state index in [0.717, 1.165) is 11.1 Å². The minimum atomic E-state index is -0.777. The summed E-state index contributed by atoms with van der Waals surface area (Å²) in [6.07, 6.45) is 1.69. The van der Waals surface area contributed by atoms with Crippen LogP contribution in [-0.4, -0.2) is 24.3 Å². The predicted octanol–water partition coefficient (Wildman–Crippen LogP) is 6.32. The Morgan fingerprint density at radius 2 is 1.72 bits per heavy atom. The highest BCUT2D eigenvalue weighted by Crippen LogP contribution is 2.38. The third kappa shape index (κ3) is 6.11. The standard InChI is InChI=1S/C36H28ClFN2O5S/c1-3-44-35(42)30-31(23-12-6-4-7-13-23)39-36-40(32(30)24-14-8-5-9-15-24)34(41)29(46-36)20-22-18-26(37)33(28(19-22)43-2)45-21-25-16-10-11-17-27(25)38/h4-20,32H,3,21H2,1-2H3/b29-20-/t32-/m0/s1. The molecule has 4 aromatic carbocycles. The maximum absolute atomic E-state index is 14.2. The molecule has 0 saturated carbocycles. The Kier molecular flexibility index (Phi) is 9.14. The lowest BCUT2D eigenvalue weighted by molar-refractivity contribution is -0.138. The van der Waals surface area contributed by atoms with Gasteiger partial charge in [0.25, 0.3) is 5.56 Å². The number of nitrogens with zero attached hydrogens (tertiary/aromatic N) is 2. The average molecular weight is 655 g/mol. The van der Waals surface area contributed by atoms with E-state index in [0.29, 0.717) is 31.9 Å². The van der Waals surface area contributed by atoms with Crippen LogP contribution in [0.4, 0.5) is 4.39 Å². The number of carbonyl (C=O) groups excluding carboxylic acids is 1. The number of methoxy groups -OCH3 is 1. The molecule has 0 bridgehead atoms. The molecule has 2 heterocycles. The van der Waals surface area contributed by atoms with Gasteiger partial charge < -0.3 is 14.2 Å². The van der Waals surface area contributed by atoms with Crippen molar-refractivity contribution < 1.29 is 23.4 Å². The van der Waals surface area contributed by atoms with Crippen LogP contribution < -0.4 is 24.4 Å². The molecule has 46 heavy (non-hydrogen) atoms. The molecule has 0 amide bonds. The molecule has 0 radical (unpaired) electrons. The summed E-state index contributed by atoms with van der Waals surface area (Å²) in [5, 5.41) is 0.229. The number of aromatic nitrogens is 1. The first-order chi connectivity index (χ1) is 22.4. The van der Waals surface area contributed by atoms with Crippen LogP contribution in [0.1, 0.15) is 35.2 Å². The summed E-state index contributed by atoms with van der Waals surface area (Å²) in [7, 11) is 1.47. The largest absolute Gasteiger partial charge is 0.493 e. The van der Waals surface area contributed by atoms with E-state index in [4.69, 9.17) is 30.8 Å². The quantitative estimate of drug-likeness (QED) is 0.174. The first kappa shape index (κ1) is 31.0. The first-order valence-electron chi connectivity index (χ1n) is 14.5. The molecule has 232 valence electrons. The second-order valence-electron chi connectivity index (χ2n) is 10.3. The zero-order valence-electron chi connectivity index (χ0n) is 24.9. The Bertz CT molecular complexity index is 2130. The molecule has 0 aliphatic carbocycles. The maximum Gasteiger partial charge on any atom is 0.338 e. The molecule has 0 fully saturated rings. The Balaban J connectivity index is 1.49. The van der Waals surface area contributed by atoms with E-state index in [1.54, 1.807) is 43.3 Å². The lowest BCUT2D eigenvalue weighted by Crippen LogP contribution is -2.39. The third-order valence-electron chi connectivity index (χ3n) is 7.37. The Labute approximate surface area is 273 Å². The highest BCUT2D eigenvalue weighted by Gasteiger charge is 2.35. The van der Waals surface area contributed by atoms with Crippen molar-refractivity contribution in [3.63, 3.8) is 0 Å². The van der Waals surface area contributed by atoms with Gasteiger partial charge in [-0.25, -0.2) is 14.2 Å². The van der Waals surface area contributed by atoms with Crippen LogP contribution in [0, 0.1) is 5.82 Å². The summed E-state index contributed by atoms with van der Waals surface area (Å²) in [5.41, 5.74) is 2.81. The number of fused-ring (bicyclic) bond motifs is 1. The van der Waals surface area contributed by atoms with E-state index in [-0.39, 0.29) is 40.9 Å². The van der Waals surface area contributed by atoms with Gasteiger partial charge in [-0.2, -0.15) is 0 Å². The molecular formula is C36H28ClFN2O5S. The lowest BCUT2D eigenvalue weighted by Gasteiger charge is -2.25. The number of esters is 1. The highest BCUT2D eigenvalue weighted by molar-refractivity contribution is 7.07. The van der Waals surface area contributed by atoms with Crippen molar-refractivity contribution in [2.24, 2.45) is 4.99 Å². The molecule has 6 rings (SSSR count). The van der Waals surface area contributed by atoms with Crippen molar-refractivity contribution in [1.82, 2.24) is 4.57 Å². The van der Waals surface area contributed by atoms with Crippen molar-refractivity contribution in [2.45, 2.75) is 19.6 Å². The Morgan fingerprint density at radius 1 is 1.02 bits per heavy atom. The van der Waals surface area contributed by atoms with Crippen LogP contribution in [0.15, 0.2) is 112 Å². The summed E-state index contributed by atoms with van der Waals surface area (Å²) >= 11 is 7.82. The van der Waals surface area contributed by atoms with E-state index in [1.807, 2.05) is 60.7 Å². The van der Waals surface area contributed by atoms with Gasteiger partial charge >= 0.3 is 5.97 Å². The average Bonchev–Trinajstić information content (AvgIpc) is 3.38. The Morgan fingerprint density at radius 3 is 2.41 bits per heavy atom. The number of ether oxygens (including phenoxy) is 3. The molecule has 5 aromatic rings. The molecule has 10 heteroatoms. The molecule has 7 nitrogen and oxygen atoms in total. The second-order valence-corrected chi connectivity index (χ2v) is 11.7. The van der Waals surface area contributed by atoms with Gasteiger partial charge in [0, 0.05) is 11.1 Å². The topological polar surface area (TPSA) is 79.1 Å². The normalized spacial score (nSPS) is 14.4. The summed E-state index contributed by atoms with van der Waals surface area (Å²) < 4.78 is 33.0. The molecule has 1 aliphatic heterocycles. The van der Waals surface area contributed by atoms with Crippen molar-refractivity contribution >= 4 is 40.7 Å². The summed E-state index contributed by atoms with van der Waals surface area (Å²) in [4.78, 5) is 33.0. The molecule has 1 aliphatic rings. The van der Waals surface area contributed by atoms with Crippen LogP contribution in [0.2, 0.25) is 5.02 Å². The summed E-state index contributed by atoms with van der Waals surface area (Å²) in [5.74, 6) is -0.363. The molecule has 0 spiro atoms. The van der Waals surface area contributed by atoms with Crippen molar-refractivity contribution in [1.29, 1.82) is 0 Å². The van der Waals surface area contributed by atoms with Gasteiger partial charge in [-0.1, -0.05) is 102 Å². The van der Waals surface area contributed by atoms with Crippen molar-refractivity contribution in [3.05, 3.63) is 155 Å². The molecule has 0 saturated heterocycles. The zero-order chi connectivity index (χ0) is 32.2. The smallest absolute Gasteiger partial charge is 0.338 e. The van der Waals surface area contributed by atoms with Gasteiger partial charge in [0.05, 0.1) is 40.6 Å². The zero-order valence-corrected chi connectivity index (χ0v) is 26.5. The van der Waals surface area contributed by atoms with E-state index in [2.05, 4.69) is 0 Å². The van der Waals surface area contributed by atoms with Gasteiger partial charge in [0.15, 0.2) is 16.3 Å². The van der Waals surface area contributed by atoms with Crippen molar-refractivity contribution in [3.8, 4) is 11.5 Å². The number of carbonyl (C=O) groups is 1. The fraction of sp³-hybridized carbons (Fsp3) is 0.139. The van der Waals surface area contributed by atoms with Gasteiger partial charge in [0.2, 0.25) is 0 Å². The van der Waals surface area contributed by atoms with Crippen molar-refractivity contribution in [2.75, 3.05) is 13.7 Å². The number of benzene rings is 4. The van der Waals surface area contributed by atoms with Crippen LogP contribution >= 0.6 is 22.9 Å². The van der Waals surface area contributed by atoms with Crippen LogP contribution in [-0.2, 0) is 16.1 Å². The minimum Gasteiger partial charge on any atom is -0.493 e. The lowest BCUT2D eigenvalue weighted by atomic mass is 9.93. The number of hydrogen-bond donors (Lipinski definition) is 0. The highest BCUT2D eigenvalue weighted by atomic mass is 35.5. The van der Waals surface area contributed by atoms with E-state index >= 15 is 0 Å². The number of rotatable bonds is 9. The van der Waals surface area contributed by atoms with Crippen LogP contribution in [0.3, 0.4) is 0 Å². The third-order valence-corrected chi connectivity index (χ3v) is 8.63. The fourth-order valence-corrected chi connectivity index (χ4v) is 6.55. The predicted molar refractivity (Wildman–Crippen MR) is 176 cm³/mol. The summed E-state index contributed by atoms with van der Waals surface area (Å²) in [6, 6.07) is 27.6. The van der Waals surface area contributed by atoms with E-state index < -0.39 is 12.0 Å². The summed E-state index contributed by atoms with van der Waals surface area (Å²) in [6.45, 7) is 1.86. The number of halogens is 2. The molecular weight excluding hydrogens is 627 g/mol. The SMILES string of the molecule is CCOC(=O)C1=C(c2ccccc2)N=c2s/c(=C\c3cc(Cl)c(OCc4ccccc4F)c(OC)c3)c(=O)n2[C@H]1c1ccccc1. The van der Waals surface area contributed by atoms with E-state index in [1.165, 1.54) is 29.1 Å². The monoisotopic (exact) mass is 654 g/mol. The van der Waals surface area contributed by atoms with Gasteiger partial charge in [-0.3, -0.25) is 9.36 Å². The maximum atomic E-state index is 14.2. The Hall–Kier alpha value is -4.99. The number of hydrogen-bond acceptors (Lipinski definition) is 7.